The molecule has 5 heteroatoms. The number of nitriles is 2. The molecule has 0 saturated heterocycles. The molecule has 0 amide bonds. The summed E-state index contributed by atoms with van der Waals surface area (Å²) in [5.74, 6) is 0. The minimum atomic E-state index is -0.576. The number of nitrogens with zero attached hydrogens (tertiary/aromatic N) is 3. The molecule has 0 heterocycles. The molecule has 74 valence electrons. The molecule has 0 bridgehead atoms. The molecule has 1 aromatic carbocycles. The third-order valence-electron chi connectivity index (χ3n) is 2.01. The zero-order valence-corrected chi connectivity index (χ0v) is 8.02. The van der Waals surface area contributed by atoms with Gasteiger partial charge in [-0.1, -0.05) is 0 Å². The Hall–Kier alpha value is -2.40. The minimum Gasteiger partial charge on any atom is -0.258 e. The van der Waals surface area contributed by atoms with Crippen LogP contribution in [0.4, 0.5) is 5.69 Å². The lowest BCUT2D eigenvalue weighted by Gasteiger charge is -2.02. The van der Waals surface area contributed by atoms with Crippen LogP contribution in [0.2, 0.25) is 0 Å². The maximum Gasteiger partial charge on any atom is 0.274 e. The highest BCUT2D eigenvalue weighted by molar-refractivity contribution is 5.52. The Kier molecular flexibility index (Phi) is 3.00. The lowest BCUT2D eigenvalue weighted by atomic mass is 10.0. The molecule has 0 aliphatic rings. The van der Waals surface area contributed by atoms with Crippen molar-refractivity contribution in [2.75, 3.05) is 0 Å². The van der Waals surface area contributed by atoms with Crippen LogP contribution in [-0.2, 0) is 6.42 Å². The van der Waals surface area contributed by atoms with E-state index in [2.05, 4.69) is 0 Å². The van der Waals surface area contributed by atoms with Gasteiger partial charge in [0.05, 0.1) is 29.0 Å². The van der Waals surface area contributed by atoms with Crippen molar-refractivity contribution in [3.63, 3.8) is 0 Å². The second-order valence-electron chi connectivity index (χ2n) is 3.00. The Morgan fingerprint density at radius 3 is 2.60 bits per heavy atom. The van der Waals surface area contributed by atoms with Gasteiger partial charge in [0.1, 0.15) is 0 Å². The van der Waals surface area contributed by atoms with E-state index >= 15 is 0 Å². The molecule has 0 aliphatic heterocycles. The van der Waals surface area contributed by atoms with Crippen LogP contribution in [0.3, 0.4) is 0 Å². The first-order chi connectivity index (χ1) is 7.10. The maximum atomic E-state index is 10.7. The zero-order chi connectivity index (χ0) is 11.4. The average Bonchev–Trinajstić information content (AvgIpc) is 2.18. The van der Waals surface area contributed by atoms with Crippen LogP contribution in [-0.4, -0.2) is 4.92 Å². The molecule has 0 atom stereocenters. The van der Waals surface area contributed by atoms with Crippen LogP contribution in [0.15, 0.2) is 12.1 Å². The Morgan fingerprint density at radius 2 is 2.13 bits per heavy atom. The standard InChI is InChI=1S/C10H7N3O2/c1-7-4-8(2-3-11)10(13(14)15)5-9(7)6-12/h4-5H,2H2,1H3. The molecular formula is C10H7N3O2. The van der Waals surface area contributed by atoms with Crippen LogP contribution in [0, 0.1) is 39.7 Å². The molecule has 0 unspecified atom stereocenters. The smallest absolute Gasteiger partial charge is 0.258 e. The summed E-state index contributed by atoms with van der Waals surface area (Å²) in [6.45, 7) is 1.68. The van der Waals surface area contributed by atoms with Crippen LogP contribution >= 0.6 is 0 Å². The summed E-state index contributed by atoms with van der Waals surface area (Å²) in [7, 11) is 0. The van der Waals surface area contributed by atoms with Gasteiger partial charge in [-0.2, -0.15) is 10.5 Å². The fraction of sp³-hybridized carbons (Fsp3) is 0.200. The summed E-state index contributed by atoms with van der Waals surface area (Å²) in [6.07, 6.45) is -0.0249. The van der Waals surface area contributed by atoms with Crippen molar-refractivity contribution in [3.05, 3.63) is 38.9 Å². The molecule has 0 fully saturated rings. The first kappa shape index (κ1) is 10.7. The summed E-state index contributed by atoms with van der Waals surface area (Å²) < 4.78 is 0. The van der Waals surface area contributed by atoms with Crippen molar-refractivity contribution in [3.8, 4) is 12.1 Å². The van der Waals surface area contributed by atoms with Gasteiger partial charge in [-0.25, -0.2) is 0 Å². The van der Waals surface area contributed by atoms with E-state index in [1.54, 1.807) is 6.92 Å². The number of hydrogen-bond acceptors (Lipinski definition) is 4. The van der Waals surface area contributed by atoms with E-state index in [1.807, 2.05) is 12.1 Å². The summed E-state index contributed by atoms with van der Waals surface area (Å²) in [5, 5.41) is 27.9. The molecule has 1 rings (SSSR count). The van der Waals surface area contributed by atoms with E-state index in [-0.39, 0.29) is 17.7 Å². The Bertz CT molecular complexity index is 495. The summed E-state index contributed by atoms with van der Waals surface area (Å²) >= 11 is 0. The summed E-state index contributed by atoms with van der Waals surface area (Å²) in [4.78, 5) is 10.1. The molecule has 0 spiro atoms. The third kappa shape index (κ3) is 2.09. The van der Waals surface area contributed by atoms with Crippen LogP contribution in [0.25, 0.3) is 0 Å². The number of benzene rings is 1. The van der Waals surface area contributed by atoms with Gasteiger partial charge in [0.25, 0.3) is 5.69 Å². The number of nitro benzene ring substituents is 1. The molecular weight excluding hydrogens is 194 g/mol. The summed E-state index contributed by atoms with van der Waals surface area (Å²) in [6, 6.07) is 6.45. The first-order valence-corrected chi connectivity index (χ1v) is 4.15. The van der Waals surface area contributed by atoms with Gasteiger partial charge in [-0.15, -0.1) is 0 Å². The predicted molar refractivity (Wildman–Crippen MR) is 51.9 cm³/mol. The largest absolute Gasteiger partial charge is 0.274 e. The van der Waals surface area contributed by atoms with Crippen molar-refractivity contribution < 1.29 is 4.92 Å². The molecule has 15 heavy (non-hydrogen) atoms. The van der Waals surface area contributed by atoms with E-state index in [9.17, 15) is 10.1 Å². The van der Waals surface area contributed by atoms with Crippen molar-refractivity contribution in [1.82, 2.24) is 0 Å². The SMILES string of the molecule is Cc1cc(CC#N)c([N+](=O)[O-])cc1C#N. The van der Waals surface area contributed by atoms with E-state index in [0.717, 1.165) is 0 Å². The Labute approximate surface area is 86.3 Å². The van der Waals surface area contributed by atoms with Gasteiger partial charge in [-0.3, -0.25) is 10.1 Å². The number of aryl methyl sites for hydroxylation is 1. The van der Waals surface area contributed by atoms with Crippen molar-refractivity contribution in [1.29, 1.82) is 10.5 Å². The van der Waals surface area contributed by atoms with Gasteiger partial charge in [0.2, 0.25) is 0 Å². The lowest BCUT2D eigenvalue weighted by molar-refractivity contribution is -0.385. The second-order valence-corrected chi connectivity index (χ2v) is 3.00. The molecule has 0 aliphatic carbocycles. The highest BCUT2D eigenvalue weighted by Crippen LogP contribution is 2.23. The topological polar surface area (TPSA) is 90.7 Å². The molecule has 0 aromatic heterocycles. The highest BCUT2D eigenvalue weighted by atomic mass is 16.6. The zero-order valence-electron chi connectivity index (χ0n) is 8.02. The quantitative estimate of drug-likeness (QED) is 0.539. The molecule has 5 nitrogen and oxygen atoms in total. The van der Waals surface area contributed by atoms with E-state index in [1.165, 1.54) is 12.1 Å². The van der Waals surface area contributed by atoms with Crippen LogP contribution in [0.1, 0.15) is 16.7 Å². The van der Waals surface area contributed by atoms with Gasteiger partial charge in [-0.05, 0) is 18.6 Å². The van der Waals surface area contributed by atoms with Crippen LogP contribution in [0.5, 0.6) is 0 Å². The van der Waals surface area contributed by atoms with E-state index in [0.29, 0.717) is 11.1 Å². The summed E-state index contributed by atoms with van der Waals surface area (Å²) in [5.41, 5.74) is 1.09. The first-order valence-electron chi connectivity index (χ1n) is 4.15. The molecule has 0 saturated carbocycles. The molecule has 0 radical (unpaired) electrons. The fourth-order valence-electron chi connectivity index (χ4n) is 1.27. The lowest BCUT2D eigenvalue weighted by Crippen LogP contribution is -1.97. The van der Waals surface area contributed by atoms with Crippen molar-refractivity contribution >= 4 is 5.69 Å². The van der Waals surface area contributed by atoms with Gasteiger partial charge >= 0.3 is 0 Å². The molecule has 0 N–H and O–H groups in total. The second kappa shape index (κ2) is 4.21. The third-order valence-corrected chi connectivity index (χ3v) is 2.01. The van der Waals surface area contributed by atoms with Crippen molar-refractivity contribution in [2.24, 2.45) is 0 Å². The van der Waals surface area contributed by atoms with Crippen molar-refractivity contribution in [2.45, 2.75) is 13.3 Å². The van der Waals surface area contributed by atoms with E-state index < -0.39 is 4.92 Å². The van der Waals surface area contributed by atoms with E-state index in [4.69, 9.17) is 10.5 Å². The maximum absolute atomic E-state index is 10.7. The highest BCUT2D eigenvalue weighted by Gasteiger charge is 2.16. The number of nitro groups is 1. The minimum absolute atomic E-state index is 0.0249. The molecule has 1 aromatic rings. The predicted octanol–water partition coefficient (Wildman–Crippen LogP) is 1.84. The van der Waals surface area contributed by atoms with Gasteiger partial charge in [0.15, 0.2) is 0 Å². The fourth-order valence-corrected chi connectivity index (χ4v) is 1.27. The normalized spacial score (nSPS) is 9.00. The number of rotatable bonds is 2. The average molecular weight is 201 g/mol. The van der Waals surface area contributed by atoms with Crippen LogP contribution < -0.4 is 0 Å². The monoisotopic (exact) mass is 201 g/mol. The Balaban J connectivity index is 3.41. The van der Waals surface area contributed by atoms with Gasteiger partial charge < -0.3 is 0 Å². The van der Waals surface area contributed by atoms with Gasteiger partial charge in [0, 0.05) is 11.6 Å². The number of hydrogen-bond donors (Lipinski definition) is 0. The Morgan fingerprint density at radius 1 is 1.47 bits per heavy atom.